The number of carboxylic acid groups (broad SMARTS) is 1. The second-order valence-corrected chi connectivity index (χ2v) is 5.01. The first-order chi connectivity index (χ1) is 8.77. The third-order valence-electron chi connectivity index (χ3n) is 2.23. The summed E-state index contributed by atoms with van der Waals surface area (Å²) in [6, 6.07) is 3.14. The maximum Gasteiger partial charge on any atom is 0.329 e. The highest BCUT2D eigenvalue weighted by Crippen LogP contribution is 2.27. The van der Waals surface area contributed by atoms with E-state index < -0.39 is 21.3 Å². The van der Waals surface area contributed by atoms with Crippen LogP contribution in [0.15, 0.2) is 23.3 Å². The molecule has 0 saturated heterocycles. The van der Waals surface area contributed by atoms with Crippen LogP contribution in [0.3, 0.4) is 0 Å². The second kappa shape index (κ2) is 5.57. The lowest BCUT2D eigenvalue weighted by atomic mass is 10.1. The number of azide groups is 1. The van der Waals surface area contributed by atoms with Gasteiger partial charge in [-0.05, 0) is 22.7 Å². The van der Waals surface area contributed by atoms with Crippen molar-refractivity contribution >= 4 is 16.1 Å². The largest absolute Gasteiger partial charge is 0.508 e. The number of phenols is 1. The van der Waals surface area contributed by atoms with E-state index in [1.165, 1.54) is 0 Å². The van der Waals surface area contributed by atoms with Crippen LogP contribution < -0.4 is 0 Å². The van der Waals surface area contributed by atoms with Crippen LogP contribution in [0, 0.1) is 0 Å². The standard InChI is InChI=1S/C9H9N3O6S/c10-12-11-4-6-3-5(1-2-7(6)13)8(9(14)15)19(16,17)18/h1-3,8,13H,4H2,(H,14,15)(H,16,17,18). The van der Waals surface area contributed by atoms with Gasteiger partial charge in [0.1, 0.15) is 5.75 Å². The van der Waals surface area contributed by atoms with Crippen LogP contribution in [-0.2, 0) is 21.5 Å². The van der Waals surface area contributed by atoms with Gasteiger partial charge < -0.3 is 10.2 Å². The molecule has 0 fully saturated rings. The zero-order valence-electron chi connectivity index (χ0n) is 9.33. The highest BCUT2D eigenvalue weighted by molar-refractivity contribution is 7.86. The molecule has 1 aromatic carbocycles. The fourth-order valence-corrected chi connectivity index (χ4v) is 2.19. The van der Waals surface area contributed by atoms with E-state index in [0.717, 1.165) is 18.2 Å². The molecule has 1 rings (SSSR count). The Hall–Kier alpha value is -2.29. The Balaban J connectivity index is 3.34. The molecule has 0 bridgehead atoms. The molecule has 0 heterocycles. The molecule has 3 N–H and O–H groups in total. The molecule has 0 aliphatic rings. The highest BCUT2D eigenvalue weighted by atomic mass is 32.2. The lowest BCUT2D eigenvalue weighted by Gasteiger charge is -2.11. The van der Waals surface area contributed by atoms with E-state index in [9.17, 15) is 18.3 Å². The average Bonchev–Trinajstić information content (AvgIpc) is 2.27. The maximum atomic E-state index is 11.0. The lowest BCUT2D eigenvalue weighted by molar-refractivity contribution is -0.136. The summed E-state index contributed by atoms with van der Waals surface area (Å²) in [6.45, 7) is -0.284. The number of hydrogen-bond acceptors (Lipinski definition) is 5. The quantitative estimate of drug-likeness (QED) is 0.319. The number of aliphatic carboxylic acids is 1. The van der Waals surface area contributed by atoms with Gasteiger partial charge in [0.05, 0.1) is 6.54 Å². The zero-order chi connectivity index (χ0) is 14.6. The summed E-state index contributed by atoms with van der Waals surface area (Å²) in [4.78, 5) is 13.3. The minimum Gasteiger partial charge on any atom is -0.508 e. The lowest BCUT2D eigenvalue weighted by Crippen LogP contribution is -2.21. The van der Waals surface area contributed by atoms with Crippen LogP contribution in [0.5, 0.6) is 5.75 Å². The number of aromatic hydroxyl groups is 1. The molecule has 0 aliphatic carbocycles. The molecule has 1 atom stereocenters. The topological polar surface area (TPSA) is 161 Å². The number of nitrogens with zero attached hydrogens (tertiary/aromatic N) is 3. The summed E-state index contributed by atoms with van der Waals surface area (Å²) >= 11 is 0. The number of carboxylic acids is 1. The number of carbonyl (C=O) groups is 1. The van der Waals surface area contributed by atoms with Crippen LogP contribution >= 0.6 is 0 Å². The van der Waals surface area contributed by atoms with E-state index in [4.69, 9.17) is 15.2 Å². The molecule has 9 nitrogen and oxygen atoms in total. The average molecular weight is 287 g/mol. The van der Waals surface area contributed by atoms with Crippen LogP contribution in [0.25, 0.3) is 10.4 Å². The minimum absolute atomic E-state index is 0.0465. The van der Waals surface area contributed by atoms with E-state index >= 15 is 0 Å². The Morgan fingerprint density at radius 3 is 2.58 bits per heavy atom. The van der Waals surface area contributed by atoms with Crippen LogP contribution in [0.1, 0.15) is 16.4 Å². The molecule has 102 valence electrons. The first-order valence-electron chi connectivity index (χ1n) is 4.79. The molecule has 10 heteroatoms. The van der Waals surface area contributed by atoms with Gasteiger partial charge >= 0.3 is 5.97 Å². The Morgan fingerprint density at radius 1 is 1.47 bits per heavy atom. The third-order valence-corrected chi connectivity index (χ3v) is 3.30. The monoisotopic (exact) mass is 287 g/mol. The molecule has 0 aliphatic heterocycles. The van der Waals surface area contributed by atoms with E-state index in [1.54, 1.807) is 0 Å². The Morgan fingerprint density at radius 2 is 2.11 bits per heavy atom. The van der Waals surface area contributed by atoms with Gasteiger partial charge in [-0.15, -0.1) is 0 Å². The van der Waals surface area contributed by atoms with E-state index in [2.05, 4.69) is 10.0 Å². The molecule has 1 unspecified atom stereocenters. The van der Waals surface area contributed by atoms with Crippen LogP contribution in [0.2, 0.25) is 0 Å². The molecule has 0 radical (unpaired) electrons. The summed E-state index contributed by atoms with van der Waals surface area (Å²) in [5, 5.41) is 19.3. The van der Waals surface area contributed by atoms with Crippen molar-refractivity contribution in [1.82, 2.24) is 0 Å². The van der Waals surface area contributed by atoms with Gasteiger partial charge in [0, 0.05) is 4.91 Å². The van der Waals surface area contributed by atoms with Gasteiger partial charge in [0.15, 0.2) is 0 Å². The van der Waals surface area contributed by atoms with Crippen molar-refractivity contribution in [2.45, 2.75) is 11.8 Å². The van der Waals surface area contributed by atoms with E-state index in [1.807, 2.05) is 0 Å². The fraction of sp³-hybridized carbons (Fsp3) is 0.222. The van der Waals surface area contributed by atoms with Crippen molar-refractivity contribution in [2.24, 2.45) is 5.11 Å². The van der Waals surface area contributed by atoms with Gasteiger partial charge in [-0.3, -0.25) is 9.35 Å². The highest BCUT2D eigenvalue weighted by Gasteiger charge is 2.33. The molecule has 0 spiro atoms. The predicted molar refractivity (Wildman–Crippen MR) is 62.9 cm³/mol. The van der Waals surface area contributed by atoms with Crippen molar-refractivity contribution in [3.63, 3.8) is 0 Å². The number of benzene rings is 1. The van der Waals surface area contributed by atoms with E-state index in [-0.39, 0.29) is 23.4 Å². The van der Waals surface area contributed by atoms with Crippen LogP contribution in [-0.4, -0.2) is 29.2 Å². The fourth-order valence-electron chi connectivity index (χ4n) is 1.44. The first-order valence-corrected chi connectivity index (χ1v) is 6.29. The zero-order valence-corrected chi connectivity index (χ0v) is 10.1. The normalized spacial score (nSPS) is 12.5. The van der Waals surface area contributed by atoms with Crippen molar-refractivity contribution < 1.29 is 28.0 Å². The minimum atomic E-state index is -4.85. The molecular weight excluding hydrogens is 278 g/mol. The van der Waals surface area contributed by atoms with Gasteiger partial charge in [0.25, 0.3) is 10.1 Å². The number of hydrogen-bond donors (Lipinski definition) is 3. The third kappa shape index (κ3) is 3.58. The molecule has 1 aromatic rings. The molecule has 0 amide bonds. The predicted octanol–water partition coefficient (Wildman–Crippen LogP) is 1.22. The van der Waals surface area contributed by atoms with Gasteiger partial charge in [-0.25, -0.2) is 0 Å². The van der Waals surface area contributed by atoms with Crippen molar-refractivity contribution in [2.75, 3.05) is 0 Å². The summed E-state index contributed by atoms with van der Waals surface area (Å²) in [5.41, 5.74) is 7.95. The smallest absolute Gasteiger partial charge is 0.329 e. The maximum absolute atomic E-state index is 11.0. The number of phenolic OH excluding ortho intramolecular Hbond substituents is 1. The number of rotatable bonds is 5. The summed E-state index contributed by atoms with van der Waals surface area (Å²) < 4.78 is 30.9. The Bertz CT molecular complexity index is 650. The van der Waals surface area contributed by atoms with Crippen molar-refractivity contribution in [3.05, 3.63) is 39.8 Å². The molecule has 19 heavy (non-hydrogen) atoms. The molecular formula is C9H9N3O6S. The Labute approximate surface area is 107 Å². The Kier molecular flexibility index (Phi) is 4.33. The van der Waals surface area contributed by atoms with Gasteiger partial charge in [-0.1, -0.05) is 17.2 Å². The van der Waals surface area contributed by atoms with Crippen molar-refractivity contribution in [1.29, 1.82) is 0 Å². The first kappa shape index (κ1) is 14.8. The SMILES string of the molecule is [N-]=[N+]=NCc1cc(C(C(=O)O)S(=O)(=O)O)ccc1O. The second-order valence-electron chi connectivity index (χ2n) is 3.51. The summed E-state index contributed by atoms with van der Waals surface area (Å²) in [7, 11) is -4.85. The van der Waals surface area contributed by atoms with Crippen molar-refractivity contribution in [3.8, 4) is 5.75 Å². The van der Waals surface area contributed by atoms with Gasteiger partial charge in [-0.2, -0.15) is 8.42 Å². The van der Waals surface area contributed by atoms with Crippen LogP contribution in [0.4, 0.5) is 0 Å². The molecule has 0 saturated carbocycles. The summed E-state index contributed by atoms with van der Waals surface area (Å²) in [5.74, 6) is -2.04. The summed E-state index contributed by atoms with van der Waals surface area (Å²) in [6.07, 6.45) is 0. The van der Waals surface area contributed by atoms with E-state index in [0.29, 0.717) is 0 Å². The van der Waals surface area contributed by atoms with Gasteiger partial charge in [0.2, 0.25) is 5.25 Å². The molecule has 0 aromatic heterocycles.